The molecule has 0 bridgehead atoms. The summed E-state index contributed by atoms with van der Waals surface area (Å²) in [6.45, 7) is 1.03. The van der Waals surface area contributed by atoms with Crippen molar-refractivity contribution in [2.75, 3.05) is 21.1 Å². The number of nitrogens with one attached hydrogen (secondary N) is 1. The van der Waals surface area contributed by atoms with Gasteiger partial charge in [-0.2, -0.15) is 0 Å². The number of halogens is 1. The Morgan fingerprint density at radius 2 is 1.19 bits per heavy atom. The van der Waals surface area contributed by atoms with E-state index >= 15 is 0 Å². The van der Waals surface area contributed by atoms with Crippen LogP contribution in [0.2, 0.25) is 5.02 Å². The van der Waals surface area contributed by atoms with Gasteiger partial charge in [0.25, 0.3) is 10.5 Å². The van der Waals surface area contributed by atoms with Crippen molar-refractivity contribution in [1.82, 2.24) is 10.2 Å². The number of rotatable bonds is 2. The fourth-order valence-electron chi connectivity index (χ4n) is 2.42. The molecule has 0 saturated heterocycles. The van der Waals surface area contributed by atoms with Crippen LogP contribution in [0.1, 0.15) is 44.1 Å². The van der Waals surface area contributed by atoms with Crippen LogP contribution < -0.4 is 11.1 Å². The number of hydrogen-bond acceptors (Lipinski definition) is 3. The van der Waals surface area contributed by atoms with E-state index in [1.54, 1.807) is 0 Å². The van der Waals surface area contributed by atoms with Crippen LogP contribution in [-0.4, -0.2) is 36.5 Å². The van der Waals surface area contributed by atoms with E-state index in [4.69, 9.17) is 16.4 Å². The highest BCUT2D eigenvalue weighted by Crippen LogP contribution is 2.15. The Morgan fingerprint density at radius 3 is 1.41 bits per heavy atom. The predicted octanol–water partition coefficient (Wildman–Crippen LogP) is 6.68. The van der Waals surface area contributed by atoms with E-state index in [0.717, 1.165) is 11.6 Å². The number of carbonyl (C=O) groups excluding carboxylic acids is 2. The van der Waals surface area contributed by atoms with Crippen LogP contribution in [0.15, 0.2) is 60.7 Å². The normalized spacial score (nSPS) is 11.5. The number of primary amides is 1. The summed E-state index contributed by atoms with van der Waals surface area (Å²) in [4.78, 5) is 20.8. The van der Waals surface area contributed by atoms with Crippen molar-refractivity contribution in [1.29, 1.82) is 0 Å². The van der Waals surface area contributed by atoms with Gasteiger partial charge in [-0.25, -0.2) is 0 Å². The van der Waals surface area contributed by atoms with Gasteiger partial charge in [-0.1, -0.05) is 124 Å². The third-order valence-corrected chi connectivity index (χ3v) is 4.26. The van der Waals surface area contributed by atoms with Crippen molar-refractivity contribution >= 4 is 47.3 Å². The molecule has 2 aromatic rings. The lowest BCUT2D eigenvalue weighted by molar-refractivity contribution is 0.262. The second-order valence-electron chi connectivity index (χ2n) is 7.03. The van der Waals surface area contributed by atoms with Crippen molar-refractivity contribution in [3.63, 3.8) is 0 Å². The third-order valence-electron chi connectivity index (χ3n) is 3.79. The molecule has 1 saturated carbocycles. The number of carbonyl (C=O) groups is 2. The maximum atomic E-state index is 9.57. The summed E-state index contributed by atoms with van der Waals surface area (Å²) in [6.07, 6.45) is 9.00. The van der Waals surface area contributed by atoms with Crippen LogP contribution in [0.5, 0.6) is 0 Å². The average Bonchev–Trinajstić information content (AvgIpc) is 2.77. The minimum Gasteiger partial charge on any atom is -0.361 e. The number of hydrogen-bond donors (Lipinski definition) is 4. The lowest BCUT2D eigenvalue weighted by Crippen LogP contribution is -2.10. The Morgan fingerprint density at radius 1 is 0.875 bits per heavy atom. The number of amides is 2. The standard InChI is InChI=1S/C9H13N.C6H5Cl.C6H12.C2H5NOS.CH3NOS/c1-10(2)8-9-6-4-3-5-7-9;7-6-4-2-1-3-5-6;1-2-4-6-5-3-1;1-3-2(4)5;2-1(3)4/h3-7H,8H2,1-2H3;1-5H;1-6H2;1H3,(H2,3,4,5);(H3,2,3,4). The molecule has 3 N–H and O–H groups in total. The first kappa shape index (κ1) is 32.5. The van der Waals surface area contributed by atoms with Gasteiger partial charge in [0.1, 0.15) is 0 Å². The van der Waals surface area contributed by atoms with Crippen molar-refractivity contribution in [3.8, 4) is 0 Å². The summed E-state index contributed by atoms with van der Waals surface area (Å²) in [5, 5.41) is 2.11. The molecular formula is C24H38ClN3O2S2. The Balaban J connectivity index is 0. The number of nitrogens with zero attached hydrogens (tertiary/aromatic N) is 1. The highest BCUT2D eigenvalue weighted by Gasteiger charge is 1.95. The summed E-state index contributed by atoms with van der Waals surface area (Å²) >= 11 is 12.0. The predicted molar refractivity (Wildman–Crippen MR) is 145 cm³/mol. The van der Waals surface area contributed by atoms with Crippen molar-refractivity contribution < 1.29 is 9.59 Å². The van der Waals surface area contributed by atoms with E-state index < -0.39 is 5.24 Å². The topological polar surface area (TPSA) is 75.4 Å². The van der Waals surface area contributed by atoms with Crippen LogP contribution >= 0.6 is 36.9 Å². The molecule has 5 nitrogen and oxygen atoms in total. The summed E-state index contributed by atoms with van der Waals surface area (Å²) in [5.41, 5.74) is 5.70. The first-order chi connectivity index (χ1) is 15.2. The second kappa shape index (κ2) is 24.0. The van der Waals surface area contributed by atoms with Gasteiger partial charge < -0.3 is 16.0 Å². The second-order valence-corrected chi connectivity index (χ2v) is 8.32. The Labute approximate surface area is 209 Å². The van der Waals surface area contributed by atoms with Gasteiger partial charge in [0.2, 0.25) is 0 Å². The van der Waals surface area contributed by atoms with Crippen molar-refractivity contribution in [3.05, 3.63) is 71.2 Å². The Hall–Kier alpha value is -1.67. The maximum absolute atomic E-state index is 9.57. The lowest BCUT2D eigenvalue weighted by atomic mass is 10.0. The first-order valence-electron chi connectivity index (χ1n) is 10.5. The van der Waals surface area contributed by atoms with Crippen molar-refractivity contribution in [2.24, 2.45) is 5.73 Å². The Kier molecular flexibility index (Phi) is 24.4. The van der Waals surface area contributed by atoms with Gasteiger partial charge in [0, 0.05) is 18.6 Å². The van der Waals surface area contributed by atoms with Crippen LogP contribution in [0.4, 0.5) is 9.59 Å². The third kappa shape index (κ3) is 30.5. The van der Waals surface area contributed by atoms with Crippen molar-refractivity contribution in [2.45, 2.75) is 45.1 Å². The van der Waals surface area contributed by atoms with Gasteiger partial charge in [-0.3, -0.25) is 9.59 Å². The molecule has 0 atom stereocenters. The van der Waals surface area contributed by atoms with E-state index in [9.17, 15) is 4.79 Å². The molecule has 0 unspecified atom stereocenters. The molecule has 180 valence electrons. The molecule has 0 aliphatic heterocycles. The minimum atomic E-state index is -0.639. The summed E-state index contributed by atoms with van der Waals surface area (Å²) in [7, 11) is 5.68. The lowest BCUT2D eigenvalue weighted by Gasteiger charge is -2.08. The molecule has 0 radical (unpaired) electrons. The SMILES string of the molecule is C1CCCCC1.CN(C)Cc1ccccc1.CNC(=O)S.Clc1ccccc1.NC(=O)S. The molecular weight excluding hydrogens is 462 g/mol. The number of benzene rings is 2. The van der Waals surface area contributed by atoms with Gasteiger partial charge in [0.15, 0.2) is 0 Å². The van der Waals surface area contributed by atoms with Gasteiger partial charge in [-0.15, -0.1) is 0 Å². The summed E-state index contributed by atoms with van der Waals surface area (Å²) in [5.74, 6) is 0. The smallest absolute Gasteiger partial charge is 0.275 e. The maximum Gasteiger partial charge on any atom is 0.275 e. The first-order valence-corrected chi connectivity index (χ1v) is 11.7. The fourth-order valence-corrected chi connectivity index (χ4v) is 2.57. The monoisotopic (exact) mass is 499 g/mol. The molecule has 0 heterocycles. The number of thiol groups is 2. The zero-order chi connectivity index (χ0) is 24.6. The highest BCUT2D eigenvalue weighted by atomic mass is 35.5. The molecule has 32 heavy (non-hydrogen) atoms. The van der Waals surface area contributed by atoms with Gasteiger partial charge in [-0.05, 0) is 31.8 Å². The minimum absolute atomic E-state index is 0.301. The van der Waals surface area contributed by atoms with Crippen LogP contribution in [0.25, 0.3) is 0 Å². The summed E-state index contributed by atoms with van der Waals surface area (Å²) < 4.78 is 0. The quantitative estimate of drug-likeness (QED) is 0.348. The van der Waals surface area contributed by atoms with E-state index in [-0.39, 0.29) is 5.24 Å². The van der Waals surface area contributed by atoms with E-state index in [1.807, 2.05) is 36.4 Å². The van der Waals surface area contributed by atoms with E-state index in [0.29, 0.717) is 0 Å². The van der Waals surface area contributed by atoms with Gasteiger partial charge >= 0.3 is 0 Å². The molecule has 1 aliphatic rings. The average molecular weight is 500 g/mol. The molecule has 2 amide bonds. The molecule has 1 fully saturated rings. The summed E-state index contributed by atoms with van der Waals surface area (Å²) in [6, 6.07) is 19.9. The highest BCUT2D eigenvalue weighted by molar-refractivity contribution is 7.96. The van der Waals surface area contributed by atoms with E-state index in [1.165, 1.54) is 51.1 Å². The molecule has 3 rings (SSSR count). The van der Waals surface area contributed by atoms with Crippen LogP contribution in [0.3, 0.4) is 0 Å². The zero-order valence-electron chi connectivity index (χ0n) is 19.3. The van der Waals surface area contributed by atoms with Crippen LogP contribution in [0, 0.1) is 0 Å². The van der Waals surface area contributed by atoms with Gasteiger partial charge in [0.05, 0.1) is 0 Å². The number of nitrogens with two attached hydrogens (primary N) is 1. The Bertz CT molecular complexity index is 671. The molecule has 1 aliphatic carbocycles. The molecule has 0 spiro atoms. The molecule has 2 aromatic carbocycles. The molecule has 8 heteroatoms. The molecule has 0 aromatic heterocycles. The fraction of sp³-hybridized carbons (Fsp3) is 0.417. The largest absolute Gasteiger partial charge is 0.361 e. The zero-order valence-corrected chi connectivity index (χ0v) is 21.9. The van der Waals surface area contributed by atoms with Crippen LogP contribution in [-0.2, 0) is 6.54 Å². The van der Waals surface area contributed by atoms with E-state index in [2.05, 4.69) is 79.6 Å².